The Morgan fingerprint density at radius 1 is 1.03 bits per heavy atom. The van der Waals surface area contributed by atoms with E-state index in [0.29, 0.717) is 33.7 Å². The van der Waals surface area contributed by atoms with E-state index in [4.69, 9.17) is 16.3 Å². The number of aryl methyl sites for hydroxylation is 2. The second-order valence-corrected chi connectivity index (χ2v) is 7.02. The van der Waals surface area contributed by atoms with Crippen LogP contribution in [0.2, 0.25) is 5.02 Å². The van der Waals surface area contributed by atoms with Crippen molar-refractivity contribution in [2.45, 2.75) is 13.8 Å². The van der Waals surface area contributed by atoms with Crippen molar-refractivity contribution in [1.82, 2.24) is 19.7 Å². The third-order valence-corrected chi connectivity index (χ3v) is 4.64. The molecule has 0 bridgehead atoms. The number of hydrogen-bond acceptors (Lipinski definition) is 5. The fraction of sp³-hybridized carbons (Fsp3) is 0.0909. The van der Waals surface area contributed by atoms with Crippen LogP contribution in [0.15, 0.2) is 67.0 Å². The maximum atomic E-state index is 12.4. The molecule has 2 heterocycles. The van der Waals surface area contributed by atoms with Crippen molar-refractivity contribution in [3.63, 3.8) is 0 Å². The number of nitrogens with zero attached hydrogens (tertiary/aromatic N) is 4. The first kappa shape index (κ1) is 19.6. The van der Waals surface area contributed by atoms with Gasteiger partial charge in [0.1, 0.15) is 12.1 Å². The van der Waals surface area contributed by atoms with Gasteiger partial charge in [-0.3, -0.25) is 4.79 Å². The second kappa shape index (κ2) is 8.34. The molecular formula is C22H18ClN5O2. The van der Waals surface area contributed by atoms with Crippen molar-refractivity contribution in [2.75, 3.05) is 5.32 Å². The number of nitrogens with one attached hydrogen (secondary N) is 1. The Morgan fingerprint density at radius 3 is 2.50 bits per heavy atom. The van der Waals surface area contributed by atoms with Gasteiger partial charge in [-0.2, -0.15) is 5.10 Å². The molecule has 0 aliphatic heterocycles. The zero-order chi connectivity index (χ0) is 21.1. The molecule has 0 aliphatic carbocycles. The molecule has 4 rings (SSSR count). The Balaban J connectivity index is 1.46. The second-order valence-electron chi connectivity index (χ2n) is 6.61. The largest absolute Gasteiger partial charge is 0.439 e. The molecule has 0 unspecified atom stereocenters. The van der Waals surface area contributed by atoms with E-state index in [1.807, 2.05) is 19.9 Å². The normalized spacial score (nSPS) is 10.6. The van der Waals surface area contributed by atoms with Crippen LogP contribution in [-0.4, -0.2) is 25.7 Å². The van der Waals surface area contributed by atoms with E-state index in [1.54, 1.807) is 59.3 Å². The van der Waals surface area contributed by atoms with Crippen LogP contribution in [0, 0.1) is 13.8 Å². The highest BCUT2D eigenvalue weighted by Gasteiger charge is 2.11. The average Bonchev–Trinajstić information content (AvgIpc) is 3.08. The van der Waals surface area contributed by atoms with Gasteiger partial charge in [0.25, 0.3) is 5.91 Å². The first-order valence-corrected chi connectivity index (χ1v) is 9.57. The zero-order valence-electron chi connectivity index (χ0n) is 16.3. The molecule has 2 aromatic heterocycles. The lowest BCUT2D eigenvalue weighted by atomic mass is 10.2. The van der Waals surface area contributed by atoms with Crippen molar-refractivity contribution >= 4 is 23.2 Å². The molecule has 150 valence electrons. The molecule has 2 aromatic carbocycles. The Bertz CT molecular complexity index is 1200. The van der Waals surface area contributed by atoms with E-state index in [0.717, 1.165) is 11.4 Å². The number of benzene rings is 2. The van der Waals surface area contributed by atoms with Crippen molar-refractivity contribution in [2.24, 2.45) is 0 Å². The van der Waals surface area contributed by atoms with Gasteiger partial charge in [0, 0.05) is 17.4 Å². The Hall–Kier alpha value is -3.71. The first-order valence-electron chi connectivity index (χ1n) is 9.19. The number of carbonyl (C=O) groups is 1. The minimum absolute atomic E-state index is 0.278. The van der Waals surface area contributed by atoms with Gasteiger partial charge in [0.05, 0.1) is 16.3 Å². The fourth-order valence-electron chi connectivity index (χ4n) is 2.93. The lowest BCUT2D eigenvalue weighted by molar-refractivity contribution is 0.102. The third kappa shape index (κ3) is 4.31. The molecule has 30 heavy (non-hydrogen) atoms. The summed E-state index contributed by atoms with van der Waals surface area (Å²) < 4.78 is 7.56. The maximum absolute atomic E-state index is 12.4. The highest BCUT2D eigenvalue weighted by molar-refractivity contribution is 6.34. The van der Waals surface area contributed by atoms with Gasteiger partial charge < -0.3 is 10.1 Å². The van der Waals surface area contributed by atoms with Gasteiger partial charge in [0.15, 0.2) is 5.82 Å². The lowest BCUT2D eigenvalue weighted by Crippen LogP contribution is -2.12. The van der Waals surface area contributed by atoms with Crippen molar-refractivity contribution < 1.29 is 9.53 Å². The molecule has 0 atom stereocenters. The number of rotatable bonds is 5. The topological polar surface area (TPSA) is 81.9 Å². The number of halogens is 1. The molecule has 0 saturated carbocycles. The van der Waals surface area contributed by atoms with Crippen molar-refractivity contribution in [3.8, 4) is 17.4 Å². The number of ether oxygens (including phenoxy) is 1. The van der Waals surface area contributed by atoms with Gasteiger partial charge >= 0.3 is 0 Å². The van der Waals surface area contributed by atoms with Crippen LogP contribution in [0.5, 0.6) is 11.6 Å². The molecule has 0 aliphatic rings. The number of hydrogen-bond donors (Lipinski definition) is 1. The molecule has 1 N–H and O–H groups in total. The summed E-state index contributed by atoms with van der Waals surface area (Å²) in [5.74, 6) is 1.30. The molecule has 0 spiro atoms. The van der Waals surface area contributed by atoms with Crippen LogP contribution in [-0.2, 0) is 0 Å². The summed E-state index contributed by atoms with van der Waals surface area (Å²) >= 11 is 6.07. The standard InChI is InChI=1S/C22H18ClN5O2/c1-14-11-15(2)28(27-14)20-12-21(25-13-24-20)30-17-9-7-16(8-10-17)26-22(29)18-5-3-4-6-19(18)23/h3-13H,1-2H3,(H,26,29). The molecule has 1 amide bonds. The van der Waals surface area contributed by atoms with Gasteiger partial charge in [-0.1, -0.05) is 23.7 Å². The maximum Gasteiger partial charge on any atom is 0.257 e. The molecule has 4 aromatic rings. The SMILES string of the molecule is Cc1cc(C)n(-c2cc(Oc3ccc(NC(=O)c4ccccc4Cl)cc3)ncn2)n1. The van der Waals surface area contributed by atoms with Gasteiger partial charge in [-0.05, 0) is 56.3 Å². The highest BCUT2D eigenvalue weighted by atomic mass is 35.5. The van der Waals surface area contributed by atoms with E-state index >= 15 is 0 Å². The van der Waals surface area contributed by atoms with E-state index in [1.165, 1.54) is 6.33 Å². The minimum Gasteiger partial charge on any atom is -0.439 e. The quantitative estimate of drug-likeness (QED) is 0.493. The smallest absolute Gasteiger partial charge is 0.257 e. The van der Waals surface area contributed by atoms with Crippen LogP contribution >= 0.6 is 11.6 Å². The summed E-state index contributed by atoms with van der Waals surface area (Å²) in [5.41, 5.74) is 2.91. The Labute approximate surface area is 178 Å². The van der Waals surface area contributed by atoms with Gasteiger partial charge in [-0.25, -0.2) is 14.6 Å². The lowest BCUT2D eigenvalue weighted by Gasteiger charge is -2.09. The Kier molecular flexibility index (Phi) is 5.45. The Morgan fingerprint density at radius 2 is 1.80 bits per heavy atom. The van der Waals surface area contributed by atoms with E-state index in [2.05, 4.69) is 20.4 Å². The van der Waals surface area contributed by atoms with Gasteiger partial charge in [0.2, 0.25) is 5.88 Å². The molecule has 0 radical (unpaired) electrons. The number of anilines is 1. The average molecular weight is 420 g/mol. The third-order valence-electron chi connectivity index (χ3n) is 4.31. The number of carbonyl (C=O) groups excluding carboxylic acids is 1. The predicted octanol–water partition coefficient (Wildman–Crippen LogP) is 4.98. The summed E-state index contributed by atoms with van der Waals surface area (Å²) in [4.78, 5) is 20.8. The minimum atomic E-state index is -0.278. The summed E-state index contributed by atoms with van der Waals surface area (Å²) in [6, 6.07) is 17.5. The monoisotopic (exact) mass is 419 g/mol. The van der Waals surface area contributed by atoms with Crippen LogP contribution in [0.4, 0.5) is 5.69 Å². The van der Waals surface area contributed by atoms with Gasteiger partial charge in [-0.15, -0.1) is 0 Å². The molecular weight excluding hydrogens is 402 g/mol. The summed E-state index contributed by atoms with van der Waals surface area (Å²) in [5, 5.41) is 7.63. The molecule has 8 heteroatoms. The van der Waals surface area contributed by atoms with E-state index < -0.39 is 0 Å². The highest BCUT2D eigenvalue weighted by Crippen LogP contribution is 2.24. The number of aromatic nitrogens is 4. The zero-order valence-corrected chi connectivity index (χ0v) is 17.1. The van der Waals surface area contributed by atoms with Crippen molar-refractivity contribution in [1.29, 1.82) is 0 Å². The van der Waals surface area contributed by atoms with Crippen LogP contribution in [0.1, 0.15) is 21.7 Å². The first-order chi connectivity index (χ1) is 14.5. The molecule has 7 nitrogen and oxygen atoms in total. The number of amides is 1. The predicted molar refractivity (Wildman–Crippen MR) is 115 cm³/mol. The van der Waals surface area contributed by atoms with Crippen LogP contribution in [0.25, 0.3) is 5.82 Å². The van der Waals surface area contributed by atoms with Crippen LogP contribution < -0.4 is 10.1 Å². The summed E-state index contributed by atoms with van der Waals surface area (Å²) in [6.07, 6.45) is 1.43. The van der Waals surface area contributed by atoms with E-state index in [9.17, 15) is 4.79 Å². The molecule has 0 saturated heterocycles. The van der Waals surface area contributed by atoms with E-state index in [-0.39, 0.29) is 5.91 Å². The van der Waals surface area contributed by atoms with Crippen LogP contribution in [0.3, 0.4) is 0 Å². The van der Waals surface area contributed by atoms with Crippen molar-refractivity contribution in [3.05, 3.63) is 89.0 Å². The summed E-state index contributed by atoms with van der Waals surface area (Å²) in [6.45, 7) is 3.88. The summed E-state index contributed by atoms with van der Waals surface area (Å²) in [7, 11) is 0. The molecule has 0 fully saturated rings. The fourth-order valence-corrected chi connectivity index (χ4v) is 3.15.